The Hall–Kier alpha value is -0.900. The number of hydrogen-bond acceptors (Lipinski definition) is 4. The number of esters is 1. The summed E-state index contributed by atoms with van der Waals surface area (Å²) < 4.78 is 4.90. The molecule has 4 nitrogen and oxygen atoms in total. The summed E-state index contributed by atoms with van der Waals surface area (Å²) in [6, 6.07) is 0. The van der Waals surface area contributed by atoms with E-state index in [4.69, 9.17) is 10.5 Å². The van der Waals surface area contributed by atoms with Crippen LogP contribution in [0.15, 0.2) is 0 Å². The fourth-order valence-corrected chi connectivity index (χ4v) is 0.889. The van der Waals surface area contributed by atoms with Gasteiger partial charge in [-0.3, -0.25) is 4.79 Å². The first-order valence-electron chi connectivity index (χ1n) is 4.31. The van der Waals surface area contributed by atoms with Crippen molar-refractivity contribution in [3.8, 4) is 0 Å². The minimum atomic E-state index is -0.914. The van der Waals surface area contributed by atoms with Crippen molar-refractivity contribution in [3.63, 3.8) is 0 Å². The third kappa shape index (κ3) is 2.52. The van der Waals surface area contributed by atoms with Gasteiger partial charge in [0.05, 0.1) is 5.54 Å². The molecule has 1 saturated carbocycles. The molecule has 0 aliphatic heterocycles. The van der Waals surface area contributed by atoms with Crippen LogP contribution in [-0.2, 0) is 14.3 Å². The van der Waals surface area contributed by atoms with Gasteiger partial charge >= 0.3 is 5.97 Å². The Morgan fingerprint density at radius 2 is 1.77 bits per heavy atom. The SMILES string of the molecule is CC(C)(C)OC(=O)C(=O)C1(N)CC1. The average Bonchev–Trinajstić information content (AvgIpc) is 2.64. The van der Waals surface area contributed by atoms with Gasteiger partial charge in [0.15, 0.2) is 0 Å². The van der Waals surface area contributed by atoms with Crippen molar-refractivity contribution in [1.29, 1.82) is 0 Å². The van der Waals surface area contributed by atoms with Gasteiger partial charge in [0.25, 0.3) is 5.78 Å². The van der Waals surface area contributed by atoms with Crippen molar-refractivity contribution >= 4 is 11.8 Å². The number of carbonyl (C=O) groups excluding carboxylic acids is 2. The highest BCUT2D eigenvalue weighted by atomic mass is 16.6. The molecule has 0 spiro atoms. The van der Waals surface area contributed by atoms with Crippen LogP contribution in [0.4, 0.5) is 0 Å². The summed E-state index contributed by atoms with van der Waals surface area (Å²) in [6.45, 7) is 5.15. The second-order valence-electron chi connectivity index (χ2n) is 4.49. The number of rotatable bonds is 2. The Morgan fingerprint density at radius 3 is 2.08 bits per heavy atom. The fraction of sp³-hybridized carbons (Fsp3) is 0.778. The van der Waals surface area contributed by atoms with E-state index >= 15 is 0 Å². The first kappa shape index (κ1) is 10.2. The van der Waals surface area contributed by atoms with E-state index in [-0.39, 0.29) is 0 Å². The maximum absolute atomic E-state index is 11.3. The van der Waals surface area contributed by atoms with Crippen LogP contribution < -0.4 is 5.73 Å². The molecule has 0 aromatic carbocycles. The number of nitrogens with two attached hydrogens (primary N) is 1. The summed E-state index contributed by atoms with van der Waals surface area (Å²) in [5.41, 5.74) is 4.02. The zero-order valence-corrected chi connectivity index (χ0v) is 8.22. The van der Waals surface area contributed by atoms with Crippen LogP contribution in [0.3, 0.4) is 0 Å². The van der Waals surface area contributed by atoms with Crippen molar-refractivity contribution in [2.75, 3.05) is 0 Å². The molecule has 74 valence electrons. The number of Topliss-reactive ketones (excluding diaryl/α,β-unsaturated/α-hetero) is 1. The van der Waals surface area contributed by atoms with Gasteiger partial charge in [-0.25, -0.2) is 4.79 Å². The predicted molar refractivity (Wildman–Crippen MR) is 47.0 cm³/mol. The molecule has 0 atom stereocenters. The molecule has 0 radical (unpaired) electrons. The first-order chi connectivity index (χ1) is 5.75. The maximum Gasteiger partial charge on any atom is 0.377 e. The zero-order chi connectivity index (χ0) is 10.3. The summed E-state index contributed by atoms with van der Waals surface area (Å²) in [7, 11) is 0. The molecule has 0 bridgehead atoms. The van der Waals surface area contributed by atoms with Crippen molar-refractivity contribution < 1.29 is 14.3 Å². The van der Waals surface area contributed by atoms with Crippen LogP contribution in [0.5, 0.6) is 0 Å². The van der Waals surface area contributed by atoms with E-state index < -0.39 is 22.9 Å². The molecule has 1 rings (SSSR count). The molecule has 4 heteroatoms. The Labute approximate surface area is 77.4 Å². The van der Waals surface area contributed by atoms with E-state index in [1.807, 2.05) is 0 Å². The molecule has 1 aliphatic rings. The van der Waals surface area contributed by atoms with Crippen LogP contribution >= 0.6 is 0 Å². The van der Waals surface area contributed by atoms with E-state index in [1.165, 1.54) is 0 Å². The predicted octanol–water partition coefficient (Wildman–Crippen LogP) is 0.388. The highest BCUT2D eigenvalue weighted by Gasteiger charge is 2.50. The summed E-state index contributed by atoms with van der Waals surface area (Å²) in [6.07, 6.45) is 1.18. The molecular formula is C9H15NO3. The molecular weight excluding hydrogens is 170 g/mol. The lowest BCUT2D eigenvalue weighted by Crippen LogP contribution is -2.41. The van der Waals surface area contributed by atoms with E-state index in [0.29, 0.717) is 12.8 Å². The molecule has 0 unspecified atom stereocenters. The molecule has 0 aromatic heterocycles. The number of hydrogen-bond donors (Lipinski definition) is 1. The van der Waals surface area contributed by atoms with Gasteiger partial charge in [-0.2, -0.15) is 0 Å². The largest absolute Gasteiger partial charge is 0.454 e. The van der Waals surface area contributed by atoms with Gasteiger partial charge in [-0.15, -0.1) is 0 Å². The lowest BCUT2D eigenvalue weighted by molar-refractivity contribution is -0.163. The van der Waals surface area contributed by atoms with Crippen molar-refractivity contribution in [1.82, 2.24) is 0 Å². The van der Waals surface area contributed by atoms with Gasteiger partial charge in [0.1, 0.15) is 5.60 Å². The standard InChI is InChI=1S/C9H15NO3/c1-8(2,3)13-7(12)6(11)9(10)4-5-9/h4-5,10H2,1-3H3. The Kier molecular flexibility index (Phi) is 2.20. The topological polar surface area (TPSA) is 69.4 Å². The lowest BCUT2D eigenvalue weighted by Gasteiger charge is -2.19. The van der Waals surface area contributed by atoms with Crippen LogP contribution in [0.2, 0.25) is 0 Å². The number of carbonyl (C=O) groups is 2. The van der Waals surface area contributed by atoms with Crippen LogP contribution in [0.25, 0.3) is 0 Å². The van der Waals surface area contributed by atoms with Crippen molar-refractivity contribution in [2.24, 2.45) is 5.73 Å². The molecule has 2 N–H and O–H groups in total. The monoisotopic (exact) mass is 185 g/mol. The third-order valence-corrected chi connectivity index (χ3v) is 1.83. The first-order valence-corrected chi connectivity index (χ1v) is 4.31. The minimum absolute atomic E-state index is 0.588. The second kappa shape index (κ2) is 2.80. The van der Waals surface area contributed by atoms with Crippen molar-refractivity contribution in [2.45, 2.75) is 44.8 Å². The zero-order valence-electron chi connectivity index (χ0n) is 8.22. The highest BCUT2D eigenvalue weighted by Crippen LogP contribution is 2.33. The summed E-state index contributed by atoms with van der Waals surface area (Å²) in [5, 5.41) is 0. The quantitative estimate of drug-likeness (QED) is 0.499. The third-order valence-electron chi connectivity index (χ3n) is 1.83. The van der Waals surface area contributed by atoms with Crippen molar-refractivity contribution in [3.05, 3.63) is 0 Å². The molecule has 0 aromatic rings. The van der Waals surface area contributed by atoms with E-state index in [1.54, 1.807) is 20.8 Å². The second-order valence-corrected chi connectivity index (χ2v) is 4.49. The van der Waals surface area contributed by atoms with E-state index in [0.717, 1.165) is 0 Å². The Balaban J connectivity index is 2.54. The number of ether oxygens (including phenoxy) is 1. The molecule has 13 heavy (non-hydrogen) atoms. The average molecular weight is 185 g/mol. The van der Waals surface area contributed by atoms with Crippen LogP contribution in [0.1, 0.15) is 33.6 Å². The maximum atomic E-state index is 11.3. The van der Waals surface area contributed by atoms with Gasteiger partial charge in [-0.05, 0) is 33.6 Å². The normalized spacial score (nSPS) is 19.4. The Morgan fingerprint density at radius 1 is 1.31 bits per heavy atom. The number of ketones is 1. The summed E-state index contributed by atoms with van der Waals surface area (Å²) >= 11 is 0. The fourth-order valence-electron chi connectivity index (χ4n) is 0.889. The molecule has 0 amide bonds. The summed E-state index contributed by atoms with van der Waals surface area (Å²) in [4.78, 5) is 22.5. The smallest absolute Gasteiger partial charge is 0.377 e. The lowest BCUT2D eigenvalue weighted by atomic mass is 10.1. The van der Waals surface area contributed by atoms with E-state index in [2.05, 4.69) is 0 Å². The minimum Gasteiger partial charge on any atom is -0.454 e. The van der Waals surface area contributed by atoms with Crippen LogP contribution in [-0.4, -0.2) is 22.9 Å². The molecule has 0 saturated heterocycles. The Bertz CT molecular complexity index is 248. The highest BCUT2D eigenvalue weighted by molar-refractivity contribution is 6.38. The van der Waals surface area contributed by atoms with Gasteiger partial charge in [0, 0.05) is 0 Å². The molecule has 1 fully saturated rings. The molecule has 0 heterocycles. The van der Waals surface area contributed by atoms with Crippen LogP contribution in [0, 0.1) is 0 Å². The van der Waals surface area contributed by atoms with Gasteiger partial charge in [-0.1, -0.05) is 0 Å². The van der Waals surface area contributed by atoms with Gasteiger partial charge < -0.3 is 10.5 Å². The van der Waals surface area contributed by atoms with E-state index in [9.17, 15) is 9.59 Å². The molecule has 1 aliphatic carbocycles. The summed E-state index contributed by atoms with van der Waals surface area (Å²) in [5.74, 6) is -1.41. The van der Waals surface area contributed by atoms with Gasteiger partial charge in [0.2, 0.25) is 0 Å².